The number of imidazole rings is 1. The summed E-state index contributed by atoms with van der Waals surface area (Å²) >= 11 is 0. The van der Waals surface area contributed by atoms with Crippen LogP contribution in [0.1, 0.15) is 30.8 Å². The molecule has 3 rings (SSSR count). The van der Waals surface area contributed by atoms with Crippen molar-refractivity contribution in [3.05, 3.63) is 47.9 Å². The molecule has 0 amide bonds. The predicted molar refractivity (Wildman–Crippen MR) is 81.8 cm³/mol. The second-order valence-corrected chi connectivity index (χ2v) is 5.14. The Kier molecular flexibility index (Phi) is 4.01. The molecule has 0 bridgehead atoms. The molecule has 21 heavy (non-hydrogen) atoms. The average molecular weight is 284 g/mol. The molecule has 1 N–H and O–H groups in total. The molecule has 2 heterocycles. The maximum absolute atomic E-state index is 5.46. The van der Waals surface area contributed by atoms with Gasteiger partial charge >= 0.3 is 0 Å². The number of fused-ring (bicyclic) bond motifs is 1. The first-order valence-electron chi connectivity index (χ1n) is 7.34. The van der Waals surface area contributed by atoms with Gasteiger partial charge in [-0.1, -0.05) is 19.1 Å². The highest BCUT2D eigenvalue weighted by Gasteiger charge is 2.09. The maximum atomic E-state index is 5.46. The Hall–Kier alpha value is -2.14. The third-order valence-corrected chi connectivity index (χ3v) is 3.41. The van der Waals surface area contributed by atoms with E-state index in [4.69, 9.17) is 9.40 Å². The number of hydrogen-bond donors (Lipinski definition) is 1. The maximum Gasteiger partial charge on any atom is 0.208 e. The summed E-state index contributed by atoms with van der Waals surface area (Å²) in [6, 6.07) is 8.27. The van der Waals surface area contributed by atoms with E-state index in [1.807, 2.05) is 13.0 Å². The molecule has 0 saturated carbocycles. The SMILES string of the molecule is CCCn1c(CNCc2ncc(C)o2)nc2ccccc21. The van der Waals surface area contributed by atoms with Crippen molar-refractivity contribution in [2.24, 2.45) is 0 Å². The van der Waals surface area contributed by atoms with Gasteiger partial charge in [0, 0.05) is 6.54 Å². The van der Waals surface area contributed by atoms with Gasteiger partial charge in [-0.3, -0.25) is 0 Å². The molecule has 0 fully saturated rings. The molecule has 0 spiro atoms. The molecule has 110 valence electrons. The minimum absolute atomic E-state index is 0.614. The lowest BCUT2D eigenvalue weighted by Gasteiger charge is -2.08. The summed E-state index contributed by atoms with van der Waals surface area (Å²) in [5.74, 6) is 2.61. The molecule has 0 atom stereocenters. The summed E-state index contributed by atoms with van der Waals surface area (Å²) < 4.78 is 7.74. The van der Waals surface area contributed by atoms with Gasteiger partial charge in [-0.15, -0.1) is 0 Å². The first kappa shape index (κ1) is 13.8. The van der Waals surface area contributed by atoms with Crippen molar-refractivity contribution in [3.8, 4) is 0 Å². The highest BCUT2D eigenvalue weighted by molar-refractivity contribution is 5.75. The number of rotatable bonds is 6. The number of aryl methyl sites for hydroxylation is 2. The lowest BCUT2D eigenvalue weighted by Crippen LogP contribution is -2.17. The fraction of sp³-hybridized carbons (Fsp3) is 0.375. The van der Waals surface area contributed by atoms with Crippen LogP contribution in [0.15, 0.2) is 34.9 Å². The first-order valence-corrected chi connectivity index (χ1v) is 7.34. The van der Waals surface area contributed by atoms with Crippen LogP contribution in [0, 0.1) is 6.92 Å². The molecule has 2 aromatic heterocycles. The second kappa shape index (κ2) is 6.10. The summed E-state index contributed by atoms with van der Waals surface area (Å²) in [5, 5.41) is 3.35. The Morgan fingerprint density at radius 3 is 2.86 bits per heavy atom. The molecule has 5 heteroatoms. The predicted octanol–water partition coefficient (Wildman–Crippen LogP) is 3.03. The van der Waals surface area contributed by atoms with Crippen LogP contribution in [0.25, 0.3) is 11.0 Å². The van der Waals surface area contributed by atoms with E-state index < -0.39 is 0 Å². The van der Waals surface area contributed by atoms with Crippen molar-refractivity contribution in [2.75, 3.05) is 0 Å². The Labute approximate surface area is 124 Å². The number of para-hydroxylation sites is 2. The van der Waals surface area contributed by atoms with Gasteiger partial charge in [-0.25, -0.2) is 9.97 Å². The summed E-state index contributed by atoms with van der Waals surface area (Å²) in [4.78, 5) is 8.91. The molecule has 5 nitrogen and oxygen atoms in total. The zero-order valence-corrected chi connectivity index (χ0v) is 12.5. The molecule has 0 aliphatic heterocycles. The highest BCUT2D eigenvalue weighted by Crippen LogP contribution is 2.16. The largest absolute Gasteiger partial charge is 0.445 e. The van der Waals surface area contributed by atoms with Crippen molar-refractivity contribution in [3.63, 3.8) is 0 Å². The van der Waals surface area contributed by atoms with Crippen LogP contribution in [-0.2, 0) is 19.6 Å². The number of aromatic nitrogens is 3. The average Bonchev–Trinajstić information content (AvgIpc) is 3.04. The van der Waals surface area contributed by atoms with Crippen LogP contribution in [0.3, 0.4) is 0 Å². The highest BCUT2D eigenvalue weighted by atomic mass is 16.4. The summed E-state index contributed by atoms with van der Waals surface area (Å²) in [5.41, 5.74) is 2.25. The van der Waals surface area contributed by atoms with E-state index in [-0.39, 0.29) is 0 Å². The van der Waals surface area contributed by atoms with E-state index >= 15 is 0 Å². The third-order valence-electron chi connectivity index (χ3n) is 3.41. The van der Waals surface area contributed by atoms with Gasteiger partial charge in [0.25, 0.3) is 0 Å². The molecule has 0 unspecified atom stereocenters. The van der Waals surface area contributed by atoms with Crippen LogP contribution >= 0.6 is 0 Å². The molecule has 0 radical (unpaired) electrons. The lowest BCUT2D eigenvalue weighted by molar-refractivity contribution is 0.445. The number of benzene rings is 1. The Balaban J connectivity index is 1.74. The number of oxazole rings is 1. The summed E-state index contributed by atoms with van der Waals surface area (Å²) in [6.45, 7) is 6.38. The van der Waals surface area contributed by atoms with Crippen molar-refractivity contribution >= 4 is 11.0 Å². The fourth-order valence-electron chi connectivity index (χ4n) is 2.50. The topological polar surface area (TPSA) is 55.9 Å². The molecule has 1 aromatic carbocycles. The van der Waals surface area contributed by atoms with Crippen LogP contribution in [0.2, 0.25) is 0 Å². The molecule has 3 aromatic rings. The molecular formula is C16H20N4O. The van der Waals surface area contributed by atoms with Crippen LogP contribution in [0.5, 0.6) is 0 Å². The normalized spacial score (nSPS) is 11.3. The molecular weight excluding hydrogens is 264 g/mol. The first-order chi connectivity index (χ1) is 10.3. The van der Waals surface area contributed by atoms with Crippen LogP contribution < -0.4 is 5.32 Å². The Bertz CT molecular complexity index is 729. The third kappa shape index (κ3) is 2.97. The van der Waals surface area contributed by atoms with E-state index in [0.29, 0.717) is 19.0 Å². The molecule has 0 aliphatic rings. The van der Waals surface area contributed by atoms with E-state index in [2.05, 4.69) is 40.0 Å². The standard InChI is InChI=1S/C16H20N4O/c1-3-8-20-14-7-5-4-6-13(14)19-15(20)10-17-11-16-18-9-12(2)21-16/h4-7,9,17H,3,8,10-11H2,1-2H3. The minimum Gasteiger partial charge on any atom is -0.445 e. The lowest BCUT2D eigenvalue weighted by atomic mass is 10.3. The zero-order chi connectivity index (χ0) is 14.7. The zero-order valence-electron chi connectivity index (χ0n) is 12.5. The fourth-order valence-corrected chi connectivity index (χ4v) is 2.50. The summed E-state index contributed by atoms with van der Waals surface area (Å²) in [6.07, 6.45) is 2.83. The van der Waals surface area contributed by atoms with Gasteiger partial charge in [0.2, 0.25) is 5.89 Å². The van der Waals surface area contributed by atoms with Gasteiger partial charge in [0.05, 0.1) is 30.3 Å². The summed E-state index contributed by atoms with van der Waals surface area (Å²) in [7, 11) is 0. The van der Waals surface area contributed by atoms with Crippen molar-refractivity contribution in [1.82, 2.24) is 19.9 Å². The van der Waals surface area contributed by atoms with E-state index in [1.165, 1.54) is 5.52 Å². The van der Waals surface area contributed by atoms with Crippen LogP contribution in [-0.4, -0.2) is 14.5 Å². The van der Waals surface area contributed by atoms with E-state index in [0.717, 1.165) is 30.1 Å². The Morgan fingerprint density at radius 2 is 2.10 bits per heavy atom. The molecule has 0 aliphatic carbocycles. The van der Waals surface area contributed by atoms with Gasteiger partial charge < -0.3 is 14.3 Å². The van der Waals surface area contributed by atoms with Gasteiger partial charge in [0.15, 0.2) is 0 Å². The van der Waals surface area contributed by atoms with Gasteiger partial charge in [0.1, 0.15) is 11.6 Å². The number of nitrogens with one attached hydrogen (secondary N) is 1. The van der Waals surface area contributed by atoms with E-state index in [9.17, 15) is 0 Å². The van der Waals surface area contributed by atoms with Crippen molar-refractivity contribution < 1.29 is 4.42 Å². The second-order valence-electron chi connectivity index (χ2n) is 5.14. The Morgan fingerprint density at radius 1 is 1.24 bits per heavy atom. The molecule has 0 saturated heterocycles. The number of hydrogen-bond acceptors (Lipinski definition) is 4. The van der Waals surface area contributed by atoms with Crippen LogP contribution in [0.4, 0.5) is 0 Å². The smallest absolute Gasteiger partial charge is 0.208 e. The van der Waals surface area contributed by atoms with Gasteiger partial charge in [-0.2, -0.15) is 0 Å². The van der Waals surface area contributed by atoms with Crippen molar-refractivity contribution in [1.29, 1.82) is 0 Å². The minimum atomic E-state index is 0.614. The quantitative estimate of drug-likeness (QED) is 0.756. The van der Waals surface area contributed by atoms with E-state index in [1.54, 1.807) is 6.20 Å². The monoisotopic (exact) mass is 284 g/mol. The number of nitrogens with zero attached hydrogens (tertiary/aromatic N) is 3. The van der Waals surface area contributed by atoms with Gasteiger partial charge in [-0.05, 0) is 25.5 Å². The van der Waals surface area contributed by atoms with Crippen molar-refractivity contribution in [2.45, 2.75) is 39.9 Å².